The molecule has 0 aromatic heterocycles. The van der Waals surface area contributed by atoms with Crippen molar-refractivity contribution in [3.05, 3.63) is 0 Å². The van der Waals surface area contributed by atoms with Crippen LogP contribution in [0.4, 0.5) is 4.79 Å². The molecular weight excluding hydrogens is 218 g/mol. The highest BCUT2D eigenvalue weighted by molar-refractivity contribution is 5.67. The van der Waals surface area contributed by atoms with Gasteiger partial charge in [-0.2, -0.15) is 0 Å². The van der Waals surface area contributed by atoms with Gasteiger partial charge in [0.15, 0.2) is 6.29 Å². The summed E-state index contributed by atoms with van der Waals surface area (Å²) in [6.45, 7) is 6.18. The van der Waals surface area contributed by atoms with Crippen LogP contribution in [0.1, 0.15) is 59.3 Å². The van der Waals surface area contributed by atoms with E-state index in [2.05, 4.69) is 5.32 Å². The van der Waals surface area contributed by atoms with Crippen molar-refractivity contribution in [3.63, 3.8) is 0 Å². The van der Waals surface area contributed by atoms with Crippen LogP contribution in [-0.4, -0.2) is 24.5 Å². The van der Waals surface area contributed by atoms with Gasteiger partial charge in [-0.1, -0.05) is 19.3 Å². The number of rotatable bonds is 8. The normalized spacial score (nSPS) is 11.0. The van der Waals surface area contributed by atoms with Crippen molar-refractivity contribution < 1.29 is 14.3 Å². The predicted octanol–water partition coefficient (Wildman–Crippen LogP) is 2.96. The summed E-state index contributed by atoms with van der Waals surface area (Å²) in [6, 6.07) is 0. The summed E-state index contributed by atoms with van der Waals surface area (Å²) in [6.07, 6.45) is 7.15. The van der Waals surface area contributed by atoms with Gasteiger partial charge in [0.25, 0.3) is 0 Å². The van der Waals surface area contributed by atoms with Gasteiger partial charge < -0.3 is 10.1 Å². The fourth-order valence-corrected chi connectivity index (χ4v) is 1.36. The average Bonchev–Trinajstić information content (AvgIpc) is 2.19. The Balaban J connectivity index is 3.28. The molecule has 4 nitrogen and oxygen atoms in total. The Morgan fingerprint density at radius 3 is 2.29 bits per heavy atom. The molecule has 0 bridgehead atoms. The molecule has 0 aliphatic rings. The molecule has 0 saturated carbocycles. The van der Waals surface area contributed by atoms with Crippen molar-refractivity contribution in [1.82, 2.24) is 5.32 Å². The number of hydrogen-bond acceptors (Lipinski definition) is 3. The molecule has 0 aliphatic heterocycles. The molecule has 0 saturated heterocycles. The molecule has 0 unspecified atom stereocenters. The topological polar surface area (TPSA) is 55.4 Å². The van der Waals surface area contributed by atoms with E-state index in [0.717, 1.165) is 32.1 Å². The highest BCUT2D eigenvalue weighted by Crippen LogP contribution is 2.07. The molecule has 1 radical (unpaired) electrons. The monoisotopic (exact) mass is 242 g/mol. The Morgan fingerprint density at radius 1 is 1.12 bits per heavy atom. The zero-order valence-corrected chi connectivity index (χ0v) is 11.2. The molecule has 0 aromatic carbocycles. The van der Waals surface area contributed by atoms with Crippen LogP contribution in [0.15, 0.2) is 0 Å². The van der Waals surface area contributed by atoms with Crippen molar-refractivity contribution in [1.29, 1.82) is 0 Å². The van der Waals surface area contributed by atoms with E-state index < -0.39 is 5.60 Å². The van der Waals surface area contributed by atoms with Gasteiger partial charge >= 0.3 is 6.09 Å². The molecule has 0 fully saturated rings. The van der Waals surface area contributed by atoms with E-state index in [0.29, 0.717) is 13.0 Å². The lowest BCUT2D eigenvalue weighted by Gasteiger charge is -2.19. The van der Waals surface area contributed by atoms with Crippen LogP contribution in [0.5, 0.6) is 0 Å². The molecule has 0 aromatic rings. The number of alkyl carbamates (subject to hydrolysis) is 1. The fraction of sp³-hybridized carbons (Fsp3) is 0.846. The van der Waals surface area contributed by atoms with Gasteiger partial charge in [-0.25, -0.2) is 4.79 Å². The number of ether oxygens (including phenoxy) is 1. The Bertz CT molecular complexity index is 221. The van der Waals surface area contributed by atoms with E-state index in [-0.39, 0.29) is 6.09 Å². The molecule has 99 valence electrons. The lowest BCUT2D eigenvalue weighted by atomic mass is 10.1. The molecule has 0 aliphatic carbocycles. The van der Waals surface area contributed by atoms with E-state index in [1.807, 2.05) is 27.1 Å². The lowest BCUT2D eigenvalue weighted by molar-refractivity contribution is 0.0527. The Morgan fingerprint density at radius 2 is 1.71 bits per heavy atom. The first-order chi connectivity index (χ1) is 7.95. The molecule has 1 N–H and O–H groups in total. The maximum absolute atomic E-state index is 11.3. The van der Waals surface area contributed by atoms with Crippen LogP contribution in [0.25, 0.3) is 0 Å². The number of carbonyl (C=O) groups is 1. The Hall–Kier alpha value is -1.06. The quantitative estimate of drug-likeness (QED) is 0.666. The second-order valence-corrected chi connectivity index (χ2v) is 5.09. The van der Waals surface area contributed by atoms with Crippen molar-refractivity contribution >= 4 is 12.4 Å². The number of hydrogen-bond donors (Lipinski definition) is 1. The van der Waals surface area contributed by atoms with Gasteiger partial charge in [-0.15, -0.1) is 0 Å². The molecule has 0 spiro atoms. The summed E-state index contributed by atoms with van der Waals surface area (Å²) >= 11 is 0. The number of unbranched alkanes of at least 4 members (excludes halogenated alkanes) is 5. The summed E-state index contributed by atoms with van der Waals surface area (Å²) in [5, 5.41) is 2.72. The molecule has 0 atom stereocenters. The van der Waals surface area contributed by atoms with Crippen LogP contribution in [0.2, 0.25) is 0 Å². The molecule has 1 amide bonds. The van der Waals surface area contributed by atoms with Gasteiger partial charge in [0.05, 0.1) is 0 Å². The summed E-state index contributed by atoms with van der Waals surface area (Å²) in [5.41, 5.74) is -0.435. The van der Waals surface area contributed by atoms with Crippen LogP contribution >= 0.6 is 0 Å². The Labute approximate surface area is 104 Å². The van der Waals surface area contributed by atoms with E-state index in [4.69, 9.17) is 4.74 Å². The predicted molar refractivity (Wildman–Crippen MR) is 67.6 cm³/mol. The zero-order valence-electron chi connectivity index (χ0n) is 11.2. The van der Waals surface area contributed by atoms with Crippen LogP contribution in [-0.2, 0) is 9.53 Å². The third kappa shape index (κ3) is 12.9. The van der Waals surface area contributed by atoms with Gasteiger partial charge in [0, 0.05) is 13.0 Å². The highest BCUT2D eigenvalue weighted by atomic mass is 16.6. The molecule has 0 heterocycles. The number of nitrogens with one attached hydrogen (secondary N) is 1. The van der Waals surface area contributed by atoms with E-state index in [9.17, 15) is 9.59 Å². The summed E-state index contributed by atoms with van der Waals surface area (Å²) in [5.74, 6) is 0. The smallest absolute Gasteiger partial charge is 0.407 e. The minimum absolute atomic E-state index is 0.354. The summed E-state index contributed by atoms with van der Waals surface area (Å²) in [7, 11) is 0. The standard InChI is InChI=1S/C13H24NO3/c1-13(2,3)17-12(16)14-10-8-6-4-5-7-9-11-15/h4-10H2,1-3H3,(H,14,16). The number of carbonyl (C=O) groups excluding carboxylic acids is 2. The SMILES string of the molecule is CC(C)(C)OC(=O)NCCCCCCC[C]=O. The molecule has 0 rings (SSSR count). The van der Waals surface area contributed by atoms with Crippen LogP contribution in [0.3, 0.4) is 0 Å². The second-order valence-electron chi connectivity index (χ2n) is 5.09. The number of amides is 1. The minimum Gasteiger partial charge on any atom is -0.444 e. The van der Waals surface area contributed by atoms with E-state index >= 15 is 0 Å². The van der Waals surface area contributed by atoms with Gasteiger partial charge in [0.2, 0.25) is 0 Å². The summed E-state index contributed by atoms with van der Waals surface area (Å²) in [4.78, 5) is 21.2. The van der Waals surface area contributed by atoms with Crippen LogP contribution in [0, 0.1) is 0 Å². The highest BCUT2D eigenvalue weighted by Gasteiger charge is 2.15. The third-order valence-electron chi connectivity index (χ3n) is 2.12. The molecule has 4 heteroatoms. The third-order valence-corrected chi connectivity index (χ3v) is 2.12. The van der Waals surface area contributed by atoms with Crippen molar-refractivity contribution in [2.45, 2.75) is 64.9 Å². The maximum atomic E-state index is 11.3. The first kappa shape index (κ1) is 15.9. The van der Waals surface area contributed by atoms with Gasteiger partial charge in [-0.3, -0.25) is 4.79 Å². The van der Waals surface area contributed by atoms with Crippen molar-refractivity contribution in [2.75, 3.05) is 6.54 Å². The average molecular weight is 242 g/mol. The second kappa shape index (κ2) is 9.02. The first-order valence-electron chi connectivity index (χ1n) is 6.27. The maximum Gasteiger partial charge on any atom is 0.407 e. The van der Waals surface area contributed by atoms with Gasteiger partial charge in [-0.05, 0) is 33.6 Å². The minimum atomic E-state index is -0.435. The lowest BCUT2D eigenvalue weighted by Crippen LogP contribution is -2.32. The van der Waals surface area contributed by atoms with Crippen molar-refractivity contribution in [3.8, 4) is 0 Å². The van der Waals surface area contributed by atoms with Crippen molar-refractivity contribution in [2.24, 2.45) is 0 Å². The van der Waals surface area contributed by atoms with E-state index in [1.54, 1.807) is 0 Å². The first-order valence-corrected chi connectivity index (χ1v) is 6.27. The Kier molecular flexibility index (Phi) is 8.46. The molecular formula is C13H24NO3. The fourth-order valence-electron chi connectivity index (χ4n) is 1.36. The largest absolute Gasteiger partial charge is 0.444 e. The van der Waals surface area contributed by atoms with Crippen LogP contribution < -0.4 is 5.32 Å². The zero-order chi connectivity index (χ0) is 13.1. The van der Waals surface area contributed by atoms with E-state index in [1.165, 1.54) is 0 Å². The van der Waals surface area contributed by atoms with Gasteiger partial charge in [0.1, 0.15) is 5.60 Å². The molecule has 17 heavy (non-hydrogen) atoms. The summed E-state index contributed by atoms with van der Waals surface area (Å²) < 4.78 is 5.10.